The maximum Gasteiger partial charge on any atom is 0.433 e. The Kier molecular flexibility index (Phi) is 4.07. The summed E-state index contributed by atoms with van der Waals surface area (Å²) in [5.41, 5.74) is 0.436. The first kappa shape index (κ1) is 15.4. The molecule has 0 saturated heterocycles. The number of benzene rings is 2. The fourth-order valence-corrected chi connectivity index (χ4v) is 2.28. The Hall–Kier alpha value is -3.48. The molecule has 1 heterocycles. The van der Waals surface area contributed by atoms with Gasteiger partial charge in [0.2, 0.25) is 11.5 Å². The Morgan fingerprint density at radius 2 is 1.79 bits per heavy atom. The molecule has 0 fully saturated rings. The second kappa shape index (κ2) is 6.33. The Morgan fingerprint density at radius 3 is 2.54 bits per heavy atom. The highest BCUT2D eigenvalue weighted by atomic mass is 16.7. The van der Waals surface area contributed by atoms with Crippen molar-refractivity contribution in [1.82, 2.24) is 0 Å². The van der Waals surface area contributed by atoms with Gasteiger partial charge in [-0.1, -0.05) is 42.5 Å². The summed E-state index contributed by atoms with van der Waals surface area (Å²) < 4.78 is 9.61. The number of carbonyl (C=O) groups is 2. The molecule has 7 nitrogen and oxygen atoms in total. The maximum absolute atomic E-state index is 12.3. The van der Waals surface area contributed by atoms with E-state index in [0.717, 1.165) is 22.9 Å². The minimum atomic E-state index is -0.934. The van der Waals surface area contributed by atoms with Gasteiger partial charge in [-0.25, -0.2) is 4.79 Å². The van der Waals surface area contributed by atoms with E-state index >= 15 is 0 Å². The van der Waals surface area contributed by atoms with Crippen molar-refractivity contribution in [3.05, 3.63) is 76.0 Å². The van der Waals surface area contributed by atoms with Crippen LogP contribution in [0.2, 0.25) is 0 Å². The second-order valence-electron chi connectivity index (χ2n) is 4.92. The summed E-state index contributed by atoms with van der Waals surface area (Å²) in [7, 11) is 0. The van der Waals surface area contributed by atoms with Gasteiger partial charge in [0.05, 0.1) is 6.07 Å². The summed E-state index contributed by atoms with van der Waals surface area (Å²) in [5, 5.41) is 12.2. The Morgan fingerprint density at radius 1 is 1.04 bits per heavy atom. The van der Waals surface area contributed by atoms with Crippen LogP contribution in [-0.2, 0) is 4.74 Å². The van der Waals surface area contributed by atoms with Gasteiger partial charge in [0, 0.05) is 5.56 Å². The van der Waals surface area contributed by atoms with Crippen LogP contribution < -0.4 is 0 Å². The minimum absolute atomic E-state index is 0.326. The number of furan rings is 1. The van der Waals surface area contributed by atoms with Gasteiger partial charge in [-0.3, -0.25) is 14.9 Å². The van der Waals surface area contributed by atoms with Crippen LogP contribution in [0.15, 0.2) is 59.0 Å². The van der Waals surface area contributed by atoms with Gasteiger partial charge in [0.1, 0.15) is 4.92 Å². The zero-order chi connectivity index (χ0) is 17.1. The van der Waals surface area contributed by atoms with Gasteiger partial charge in [0.15, 0.2) is 6.61 Å². The molecule has 0 unspecified atom stereocenters. The lowest BCUT2D eigenvalue weighted by Crippen LogP contribution is -2.14. The van der Waals surface area contributed by atoms with Gasteiger partial charge >= 0.3 is 11.9 Å². The molecular formula is C17H11NO6. The highest BCUT2D eigenvalue weighted by Crippen LogP contribution is 2.20. The largest absolute Gasteiger partial charge is 0.451 e. The lowest BCUT2D eigenvalue weighted by Gasteiger charge is -2.06. The number of fused-ring (bicyclic) bond motifs is 1. The first-order chi connectivity index (χ1) is 11.6. The first-order valence-electron chi connectivity index (χ1n) is 6.98. The van der Waals surface area contributed by atoms with E-state index in [1.807, 2.05) is 24.3 Å². The van der Waals surface area contributed by atoms with Crippen molar-refractivity contribution in [3.63, 3.8) is 0 Å². The number of ketones is 1. The molecule has 0 radical (unpaired) electrons. The van der Waals surface area contributed by atoms with Gasteiger partial charge in [-0.2, -0.15) is 0 Å². The zero-order valence-electron chi connectivity index (χ0n) is 12.3. The number of hydrogen-bond acceptors (Lipinski definition) is 6. The third-order valence-electron chi connectivity index (χ3n) is 3.40. The summed E-state index contributed by atoms with van der Waals surface area (Å²) in [6.45, 7) is -0.485. The molecule has 1 aromatic heterocycles. The molecule has 0 bridgehead atoms. The van der Waals surface area contributed by atoms with Gasteiger partial charge < -0.3 is 9.15 Å². The quantitative estimate of drug-likeness (QED) is 0.308. The number of ether oxygens (including phenoxy) is 1. The van der Waals surface area contributed by atoms with Crippen molar-refractivity contribution in [2.24, 2.45) is 0 Å². The molecule has 0 N–H and O–H groups in total. The van der Waals surface area contributed by atoms with Gasteiger partial charge in [-0.05, 0) is 16.8 Å². The van der Waals surface area contributed by atoms with Crippen molar-refractivity contribution < 1.29 is 23.7 Å². The molecule has 0 spiro atoms. The van der Waals surface area contributed by atoms with E-state index in [9.17, 15) is 19.7 Å². The molecule has 0 amide bonds. The monoisotopic (exact) mass is 325 g/mol. The van der Waals surface area contributed by atoms with Gasteiger partial charge in [-0.15, -0.1) is 0 Å². The van der Waals surface area contributed by atoms with Crippen LogP contribution in [0.25, 0.3) is 10.8 Å². The van der Waals surface area contributed by atoms with Crippen molar-refractivity contribution in [1.29, 1.82) is 0 Å². The lowest BCUT2D eigenvalue weighted by molar-refractivity contribution is -0.402. The van der Waals surface area contributed by atoms with Crippen molar-refractivity contribution in [3.8, 4) is 0 Å². The molecule has 0 atom stereocenters. The van der Waals surface area contributed by atoms with E-state index in [2.05, 4.69) is 0 Å². The number of hydrogen-bond donors (Lipinski definition) is 0. The molecule has 0 aliphatic heterocycles. The molecule has 2 aromatic carbocycles. The summed E-state index contributed by atoms with van der Waals surface area (Å²) in [5.74, 6) is -2.20. The van der Waals surface area contributed by atoms with Crippen LogP contribution in [-0.4, -0.2) is 23.3 Å². The van der Waals surface area contributed by atoms with Crippen LogP contribution in [0.3, 0.4) is 0 Å². The number of Topliss-reactive ketones (excluding diaryl/α,β-unsaturated/α-hetero) is 1. The Bertz CT molecular complexity index is 938. The standard InChI is InChI=1S/C17H11NO6/c19-14(13-7-3-5-11-4-1-2-6-12(11)13)10-23-17(20)15-8-9-16(24-15)18(21)22/h1-9H,10H2. The lowest BCUT2D eigenvalue weighted by atomic mass is 10.0. The highest BCUT2D eigenvalue weighted by molar-refractivity contribution is 6.09. The second-order valence-corrected chi connectivity index (χ2v) is 4.92. The van der Waals surface area contributed by atoms with E-state index in [0.29, 0.717) is 5.56 Å². The third kappa shape index (κ3) is 3.00. The van der Waals surface area contributed by atoms with Crippen molar-refractivity contribution >= 4 is 28.4 Å². The van der Waals surface area contributed by atoms with E-state index in [1.54, 1.807) is 18.2 Å². The molecule has 0 aliphatic rings. The highest BCUT2D eigenvalue weighted by Gasteiger charge is 2.20. The molecule has 3 aromatic rings. The molecule has 3 rings (SSSR count). The number of nitro groups is 1. The number of carbonyl (C=O) groups excluding carboxylic acids is 2. The predicted molar refractivity (Wildman–Crippen MR) is 83.9 cm³/mol. The SMILES string of the molecule is O=C(OCC(=O)c1cccc2ccccc12)c1ccc([N+](=O)[O-])o1. The molecular weight excluding hydrogens is 314 g/mol. The van der Waals surface area contributed by atoms with Crippen LogP contribution in [0.4, 0.5) is 5.88 Å². The maximum atomic E-state index is 12.3. The normalized spacial score (nSPS) is 10.5. The summed E-state index contributed by atoms with van der Waals surface area (Å²) in [6.07, 6.45) is 0. The van der Waals surface area contributed by atoms with Crippen LogP contribution >= 0.6 is 0 Å². The average molecular weight is 325 g/mol. The van der Waals surface area contributed by atoms with Gasteiger partial charge in [0.25, 0.3) is 0 Å². The molecule has 0 aliphatic carbocycles. The third-order valence-corrected chi connectivity index (χ3v) is 3.40. The zero-order valence-corrected chi connectivity index (χ0v) is 12.3. The van der Waals surface area contributed by atoms with Crippen molar-refractivity contribution in [2.45, 2.75) is 0 Å². The summed E-state index contributed by atoms with van der Waals surface area (Å²) >= 11 is 0. The molecule has 7 heteroatoms. The van der Waals surface area contributed by atoms with E-state index in [1.165, 1.54) is 0 Å². The Balaban J connectivity index is 1.72. The smallest absolute Gasteiger partial charge is 0.433 e. The topological polar surface area (TPSA) is 99.7 Å². The number of esters is 1. The van der Waals surface area contributed by atoms with E-state index < -0.39 is 23.4 Å². The van der Waals surface area contributed by atoms with Crippen LogP contribution in [0.1, 0.15) is 20.9 Å². The fraction of sp³-hybridized carbons (Fsp3) is 0.0588. The van der Waals surface area contributed by atoms with E-state index in [-0.39, 0.29) is 11.5 Å². The average Bonchev–Trinajstić information content (AvgIpc) is 3.09. The molecule has 24 heavy (non-hydrogen) atoms. The fourth-order valence-electron chi connectivity index (χ4n) is 2.28. The van der Waals surface area contributed by atoms with Crippen LogP contribution in [0, 0.1) is 10.1 Å². The molecule has 0 saturated carbocycles. The molecule has 120 valence electrons. The number of rotatable bonds is 5. The predicted octanol–water partition coefficient (Wildman–Crippen LogP) is 3.38. The number of nitrogens with zero attached hydrogens (tertiary/aromatic N) is 1. The Labute approximate surface area is 135 Å². The van der Waals surface area contributed by atoms with Crippen molar-refractivity contribution in [2.75, 3.05) is 6.61 Å². The summed E-state index contributed by atoms with van der Waals surface area (Å²) in [6, 6.07) is 14.8. The first-order valence-corrected chi connectivity index (χ1v) is 6.98. The summed E-state index contributed by atoms with van der Waals surface area (Å²) in [4.78, 5) is 33.8. The minimum Gasteiger partial charge on any atom is -0.451 e. The van der Waals surface area contributed by atoms with Crippen LogP contribution in [0.5, 0.6) is 0 Å². The van der Waals surface area contributed by atoms with E-state index in [4.69, 9.17) is 9.15 Å².